The summed E-state index contributed by atoms with van der Waals surface area (Å²) in [7, 11) is 0. The third kappa shape index (κ3) is 47.6. The van der Waals surface area contributed by atoms with Gasteiger partial charge in [-0.2, -0.15) is 0 Å². The Hall–Kier alpha value is -3.81. The minimum atomic E-state index is -1.98. The summed E-state index contributed by atoms with van der Waals surface area (Å²) < 4.78 is 34.6. The zero-order valence-electron chi connectivity index (χ0n) is 67.5. The van der Waals surface area contributed by atoms with Gasteiger partial charge in [-0.1, -0.05) is 334 Å². The Labute approximate surface area is 658 Å². The highest BCUT2D eigenvalue weighted by atomic mass is 16.8. The summed E-state index contributed by atoms with van der Waals surface area (Å²) in [6.07, 6.45) is 69.9. The van der Waals surface area contributed by atoms with Crippen LogP contribution < -0.4 is 5.32 Å². The highest BCUT2D eigenvalue weighted by Crippen LogP contribution is 2.33. The number of aliphatic hydroxyl groups excluding tert-OH is 11. The molecule has 19 heteroatoms. The topological polar surface area (TPSA) is 307 Å². The Bertz CT molecular complexity index is 2440. The van der Waals surface area contributed by atoms with Gasteiger partial charge in [-0.25, -0.2) is 0 Å². The summed E-state index contributed by atoms with van der Waals surface area (Å²) in [6.45, 7) is 1.71. The molecular weight excluding hydrogens is 1380 g/mol. The molecular formula is C90H155NO18. The third-order valence-corrected chi connectivity index (χ3v) is 20.8. The van der Waals surface area contributed by atoms with E-state index < -0.39 is 124 Å². The zero-order chi connectivity index (χ0) is 78.8. The van der Waals surface area contributed by atoms with Crippen LogP contribution in [0.15, 0.2) is 122 Å². The minimum Gasteiger partial charge on any atom is -0.394 e. The predicted molar refractivity (Wildman–Crippen MR) is 438 cm³/mol. The molecule has 0 saturated carbocycles. The molecule has 1 amide bonds. The summed E-state index contributed by atoms with van der Waals surface area (Å²) in [5.74, 6) is -0.253. The zero-order valence-corrected chi connectivity index (χ0v) is 67.5. The Balaban J connectivity index is 1.34. The lowest BCUT2D eigenvalue weighted by Gasteiger charge is -2.48. The molecule has 3 aliphatic rings. The summed E-state index contributed by atoms with van der Waals surface area (Å²) in [4.78, 5) is 13.5. The second-order valence-electron chi connectivity index (χ2n) is 30.3. The molecule has 628 valence electrons. The molecule has 0 aromatic rings. The molecule has 109 heavy (non-hydrogen) atoms. The number of rotatable bonds is 68. The van der Waals surface area contributed by atoms with Gasteiger partial charge in [0.25, 0.3) is 0 Å². The first-order chi connectivity index (χ1) is 53.3. The van der Waals surface area contributed by atoms with Gasteiger partial charge < -0.3 is 89.9 Å². The van der Waals surface area contributed by atoms with E-state index in [1.54, 1.807) is 0 Å². The second kappa shape index (κ2) is 68.6. The quantitative estimate of drug-likeness (QED) is 0.0199. The van der Waals surface area contributed by atoms with Gasteiger partial charge in [-0.05, 0) is 89.9 Å². The van der Waals surface area contributed by atoms with Crippen molar-refractivity contribution in [1.82, 2.24) is 5.32 Å². The molecule has 17 atom stereocenters. The van der Waals surface area contributed by atoms with Crippen LogP contribution in [0.1, 0.15) is 309 Å². The van der Waals surface area contributed by atoms with Crippen molar-refractivity contribution in [2.45, 2.75) is 413 Å². The molecule has 3 rings (SSSR count). The smallest absolute Gasteiger partial charge is 0.220 e. The molecule has 0 aromatic carbocycles. The van der Waals surface area contributed by atoms with Gasteiger partial charge in [0.2, 0.25) is 5.91 Å². The number of carbonyl (C=O) groups is 1. The average Bonchev–Trinajstić information content (AvgIpc) is 0.759. The van der Waals surface area contributed by atoms with Crippen LogP contribution in [0.2, 0.25) is 0 Å². The number of carbonyl (C=O) groups excluding carboxylic acids is 1. The predicted octanol–water partition coefficient (Wildman–Crippen LogP) is 15.8. The van der Waals surface area contributed by atoms with Crippen LogP contribution in [-0.4, -0.2) is 193 Å². The van der Waals surface area contributed by atoms with Crippen molar-refractivity contribution < 1.29 is 89.4 Å². The Morgan fingerprint density at radius 1 is 0.339 bits per heavy atom. The molecule has 3 aliphatic heterocycles. The first-order valence-corrected chi connectivity index (χ1v) is 43.3. The monoisotopic (exact) mass is 1540 g/mol. The molecule has 17 unspecified atom stereocenters. The summed E-state index contributed by atoms with van der Waals surface area (Å²) >= 11 is 0. The fourth-order valence-electron chi connectivity index (χ4n) is 13.9. The summed E-state index contributed by atoms with van der Waals surface area (Å²) in [6, 6.07) is -0.902. The fourth-order valence-corrected chi connectivity index (χ4v) is 13.9. The van der Waals surface area contributed by atoms with E-state index in [1.165, 1.54) is 148 Å². The molecule has 0 aromatic heterocycles. The maximum atomic E-state index is 13.5. The maximum Gasteiger partial charge on any atom is 0.220 e. The highest BCUT2D eigenvalue weighted by Gasteiger charge is 2.54. The van der Waals surface area contributed by atoms with E-state index in [0.29, 0.717) is 12.8 Å². The van der Waals surface area contributed by atoms with Crippen molar-refractivity contribution in [3.63, 3.8) is 0 Å². The molecule has 0 bridgehead atoms. The van der Waals surface area contributed by atoms with Crippen LogP contribution in [0.5, 0.6) is 0 Å². The molecule has 0 aliphatic carbocycles. The van der Waals surface area contributed by atoms with Crippen LogP contribution in [0.25, 0.3) is 0 Å². The third-order valence-electron chi connectivity index (χ3n) is 20.8. The first-order valence-electron chi connectivity index (χ1n) is 43.3. The second-order valence-corrected chi connectivity index (χ2v) is 30.3. The van der Waals surface area contributed by atoms with Crippen molar-refractivity contribution in [1.29, 1.82) is 0 Å². The van der Waals surface area contributed by atoms with Crippen LogP contribution >= 0.6 is 0 Å². The molecule has 12 N–H and O–H groups in total. The summed E-state index contributed by atoms with van der Waals surface area (Å²) in [5, 5.41) is 121. The van der Waals surface area contributed by atoms with Gasteiger partial charge in [0.1, 0.15) is 73.2 Å². The van der Waals surface area contributed by atoms with Crippen LogP contribution in [-0.2, 0) is 33.2 Å². The Morgan fingerprint density at radius 2 is 0.633 bits per heavy atom. The van der Waals surface area contributed by atoms with Crippen molar-refractivity contribution in [3.05, 3.63) is 122 Å². The van der Waals surface area contributed by atoms with Gasteiger partial charge in [-0.15, -0.1) is 0 Å². The SMILES string of the molecule is CC/C=C\C/C=C\C/C=C\C/C=C\C/C=C\C/C=C\C/C=C\C/C=C\C/C=C\C/C=C\CCCCCCCCCCC(=O)NC(COC1OC(CO)C(OC2OC(CO)C(OC3OC(CO)C(O)C(O)C3O)C(O)C2O)C(O)C1O)C(O)CCCCCCCCCCCCCCCCCCCCCCCCCCC. The molecule has 0 spiro atoms. The number of allylic oxidation sites excluding steroid dienone is 20. The standard InChI is InChI=1S/C90H155NO18/c1-3-5-7-9-11-13-15-17-19-21-23-25-27-29-30-31-32-33-34-35-36-37-38-39-40-41-42-44-46-48-50-52-54-56-58-60-62-64-66-68-78(96)91-73(74(95)67-65-63-61-59-57-55-53-51-49-47-45-43-28-26-24-22-20-18-16-14-12-10-8-6-4-2)72-104-88-84(102)81(99)86(76(70-93)106-88)109-90-85(103)82(100)87(77(71-94)107-90)108-89-83(101)80(98)79(97)75(69-92)105-89/h5,7,11,13,17,19,23,25,29-30,32-33,35-36,38-39,41-42,46,48,73-77,79-90,92-95,97-103H,3-4,6,8-10,12,14-16,18,20-22,24,26-28,31,34,37,40,43-45,47,49-72H2,1-2H3,(H,91,96)/b7-5-,13-11-,19-17-,25-23-,30-29-,33-32-,36-35-,39-38-,42-41-,48-46-. The van der Waals surface area contributed by atoms with Crippen molar-refractivity contribution in [3.8, 4) is 0 Å². The number of aliphatic hydroxyl groups is 11. The van der Waals surface area contributed by atoms with E-state index in [1.807, 2.05) is 0 Å². The average molecular weight is 1540 g/mol. The van der Waals surface area contributed by atoms with Gasteiger partial charge in [0.15, 0.2) is 18.9 Å². The number of hydrogen-bond donors (Lipinski definition) is 12. The lowest BCUT2D eigenvalue weighted by atomic mass is 9.96. The van der Waals surface area contributed by atoms with E-state index >= 15 is 0 Å². The van der Waals surface area contributed by atoms with Gasteiger partial charge in [0, 0.05) is 6.42 Å². The van der Waals surface area contributed by atoms with Gasteiger partial charge in [0.05, 0.1) is 38.6 Å². The van der Waals surface area contributed by atoms with E-state index in [0.717, 1.165) is 128 Å². The molecule has 19 nitrogen and oxygen atoms in total. The minimum absolute atomic E-state index is 0.250. The summed E-state index contributed by atoms with van der Waals surface area (Å²) in [5.41, 5.74) is 0. The number of nitrogens with one attached hydrogen (secondary N) is 1. The van der Waals surface area contributed by atoms with Crippen molar-refractivity contribution >= 4 is 5.91 Å². The van der Waals surface area contributed by atoms with Crippen LogP contribution in [0, 0.1) is 0 Å². The molecule has 3 fully saturated rings. The fraction of sp³-hybridized carbons (Fsp3) is 0.767. The number of unbranched alkanes of at least 4 members (excludes halogenated alkanes) is 32. The van der Waals surface area contributed by atoms with E-state index in [9.17, 15) is 61.0 Å². The van der Waals surface area contributed by atoms with Crippen LogP contribution in [0.3, 0.4) is 0 Å². The van der Waals surface area contributed by atoms with E-state index in [4.69, 9.17) is 28.4 Å². The molecule has 0 radical (unpaired) electrons. The maximum absolute atomic E-state index is 13.5. The van der Waals surface area contributed by atoms with Gasteiger partial charge >= 0.3 is 0 Å². The molecule has 3 heterocycles. The normalized spacial score (nSPS) is 25.9. The lowest BCUT2D eigenvalue weighted by molar-refractivity contribution is -0.379. The number of ether oxygens (including phenoxy) is 6. The highest BCUT2D eigenvalue weighted by molar-refractivity contribution is 5.76. The Kier molecular flexibility index (Phi) is 62.5. The van der Waals surface area contributed by atoms with Crippen molar-refractivity contribution in [2.24, 2.45) is 0 Å². The van der Waals surface area contributed by atoms with E-state index in [2.05, 4.69) is 141 Å². The van der Waals surface area contributed by atoms with Crippen molar-refractivity contribution in [2.75, 3.05) is 26.4 Å². The number of amides is 1. The first kappa shape index (κ1) is 99.4. The van der Waals surface area contributed by atoms with E-state index in [-0.39, 0.29) is 18.9 Å². The lowest BCUT2D eigenvalue weighted by Crippen LogP contribution is -2.66. The molecule has 3 saturated heterocycles. The Morgan fingerprint density at radius 3 is 0.991 bits per heavy atom. The van der Waals surface area contributed by atoms with Crippen LogP contribution in [0.4, 0.5) is 0 Å². The largest absolute Gasteiger partial charge is 0.394 e. The van der Waals surface area contributed by atoms with Gasteiger partial charge in [-0.3, -0.25) is 4.79 Å². The number of hydrogen-bond acceptors (Lipinski definition) is 18.